The molecule has 0 aromatic carbocycles. The Morgan fingerprint density at radius 3 is 2.40 bits per heavy atom. The van der Waals surface area contributed by atoms with Crippen molar-refractivity contribution in [1.82, 2.24) is 5.32 Å². The summed E-state index contributed by atoms with van der Waals surface area (Å²) in [6, 6.07) is 0. The van der Waals surface area contributed by atoms with Crippen LogP contribution in [0.4, 0.5) is 0 Å². The van der Waals surface area contributed by atoms with Gasteiger partial charge in [-0.25, -0.2) is 0 Å². The summed E-state index contributed by atoms with van der Waals surface area (Å²) in [5.74, 6) is 0.635. The number of amides is 1. The van der Waals surface area contributed by atoms with Gasteiger partial charge in [0, 0.05) is 18.9 Å². The maximum absolute atomic E-state index is 11.3. The van der Waals surface area contributed by atoms with Gasteiger partial charge in [-0.2, -0.15) is 0 Å². The van der Waals surface area contributed by atoms with Gasteiger partial charge in [-0.1, -0.05) is 0 Å². The predicted octanol–water partition coefficient (Wildman–Crippen LogP) is -3.17. The van der Waals surface area contributed by atoms with E-state index in [9.17, 15) is 4.79 Å². The van der Waals surface area contributed by atoms with Crippen LogP contribution in [0.15, 0.2) is 0 Å². The van der Waals surface area contributed by atoms with Crippen LogP contribution in [-0.4, -0.2) is 32.1 Å². The van der Waals surface area contributed by atoms with Crippen molar-refractivity contribution in [2.45, 2.75) is 33.1 Å². The monoisotopic (exact) mass is 234 g/mol. The lowest BCUT2D eigenvalue weighted by atomic mass is 10.3. The Bertz CT molecular complexity index is 179. The summed E-state index contributed by atoms with van der Waals surface area (Å²) < 4.78 is 0. The Labute approximate surface area is 99.0 Å². The van der Waals surface area contributed by atoms with Gasteiger partial charge < -0.3 is 22.6 Å². The SMILES string of the molecule is CC[NH+](CC)CCCNC(=O)C1CC1.[Cl-]. The van der Waals surface area contributed by atoms with E-state index in [1.807, 2.05) is 0 Å². The van der Waals surface area contributed by atoms with Gasteiger partial charge >= 0.3 is 0 Å². The zero-order chi connectivity index (χ0) is 10.4. The van der Waals surface area contributed by atoms with E-state index in [1.54, 1.807) is 4.90 Å². The molecule has 0 aromatic heterocycles. The highest BCUT2D eigenvalue weighted by atomic mass is 35.5. The molecule has 1 amide bonds. The van der Waals surface area contributed by atoms with E-state index in [0.717, 1.165) is 25.8 Å². The Morgan fingerprint density at radius 2 is 1.93 bits per heavy atom. The standard InChI is InChI=1S/C11H22N2O.ClH/c1-3-13(4-2)9-5-8-12-11(14)10-6-7-10;/h10H,3-9H2,1-2H3,(H,12,14);1H. The van der Waals surface area contributed by atoms with Crippen molar-refractivity contribution in [2.24, 2.45) is 5.92 Å². The van der Waals surface area contributed by atoms with Crippen molar-refractivity contribution in [3.05, 3.63) is 0 Å². The minimum atomic E-state index is 0. The fraction of sp³-hybridized carbons (Fsp3) is 0.909. The highest BCUT2D eigenvalue weighted by Crippen LogP contribution is 2.28. The molecular weight excluding hydrogens is 212 g/mol. The third-order valence-electron chi connectivity index (χ3n) is 2.95. The van der Waals surface area contributed by atoms with Gasteiger partial charge in [0.1, 0.15) is 0 Å². The zero-order valence-electron chi connectivity index (χ0n) is 9.81. The molecule has 0 heterocycles. The maximum atomic E-state index is 11.3. The molecule has 0 spiro atoms. The second kappa shape index (κ2) is 7.94. The second-order valence-corrected chi connectivity index (χ2v) is 4.13. The molecule has 0 aliphatic heterocycles. The van der Waals surface area contributed by atoms with Crippen LogP contribution < -0.4 is 22.6 Å². The van der Waals surface area contributed by atoms with Crippen LogP contribution in [0, 0.1) is 5.92 Å². The molecule has 1 aliphatic rings. The molecule has 4 heteroatoms. The summed E-state index contributed by atoms with van der Waals surface area (Å²) in [5.41, 5.74) is 0. The fourth-order valence-corrected chi connectivity index (χ4v) is 1.64. The summed E-state index contributed by atoms with van der Waals surface area (Å²) in [6.45, 7) is 8.83. The van der Waals surface area contributed by atoms with Crippen LogP contribution in [-0.2, 0) is 4.79 Å². The van der Waals surface area contributed by atoms with Crippen molar-refractivity contribution < 1.29 is 22.1 Å². The molecule has 0 aromatic rings. The van der Waals surface area contributed by atoms with Crippen molar-refractivity contribution in [1.29, 1.82) is 0 Å². The quantitative estimate of drug-likeness (QED) is 0.448. The van der Waals surface area contributed by atoms with Gasteiger partial charge in [0.25, 0.3) is 0 Å². The van der Waals surface area contributed by atoms with E-state index in [2.05, 4.69) is 19.2 Å². The van der Waals surface area contributed by atoms with Gasteiger partial charge in [0.2, 0.25) is 5.91 Å². The van der Waals surface area contributed by atoms with Crippen molar-refractivity contribution in [3.8, 4) is 0 Å². The zero-order valence-corrected chi connectivity index (χ0v) is 10.6. The first-order valence-electron chi connectivity index (χ1n) is 5.89. The summed E-state index contributed by atoms with van der Waals surface area (Å²) in [6.07, 6.45) is 3.32. The Morgan fingerprint density at radius 1 is 1.33 bits per heavy atom. The molecule has 0 saturated heterocycles. The van der Waals surface area contributed by atoms with Crippen LogP contribution in [0.1, 0.15) is 33.1 Å². The second-order valence-electron chi connectivity index (χ2n) is 4.13. The van der Waals surface area contributed by atoms with Gasteiger partial charge in [0.05, 0.1) is 19.6 Å². The first-order valence-corrected chi connectivity index (χ1v) is 5.89. The number of hydrogen-bond donors (Lipinski definition) is 2. The lowest BCUT2D eigenvalue weighted by molar-refractivity contribution is -0.896. The summed E-state index contributed by atoms with van der Waals surface area (Å²) >= 11 is 0. The molecule has 0 bridgehead atoms. The van der Waals surface area contributed by atoms with Crippen molar-refractivity contribution >= 4 is 5.91 Å². The van der Waals surface area contributed by atoms with E-state index < -0.39 is 0 Å². The van der Waals surface area contributed by atoms with Crippen molar-refractivity contribution in [3.63, 3.8) is 0 Å². The van der Waals surface area contributed by atoms with E-state index in [0.29, 0.717) is 5.92 Å². The maximum Gasteiger partial charge on any atom is 0.223 e. The fourth-order valence-electron chi connectivity index (χ4n) is 1.64. The van der Waals surface area contributed by atoms with E-state index in [1.165, 1.54) is 19.6 Å². The summed E-state index contributed by atoms with van der Waals surface area (Å²) in [4.78, 5) is 12.9. The van der Waals surface area contributed by atoms with Gasteiger partial charge in [-0.15, -0.1) is 0 Å². The smallest absolute Gasteiger partial charge is 0.223 e. The third-order valence-corrected chi connectivity index (χ3v) is 2.95. The van der Waals surface area contributed by atoms with Crippen LogP contribution in [0.25, 0.3) is 0 Å². The molecule has 0 radical (unpaired) electrons. The molecule has 0 unspecified atom stereocenters. The number of quaternary nitrogens is 1. The largest absolute Gasteiger partial charge is 1.00 e. The summed E-state index contributed by atoms with van der Waals surface area (Å²) in [7, 11) is 0. The molecule has 1 aliphatic carbocycles. The molecular formula is C11H23ClN2O. The molecule has 1 rings (SSSR count). The average Bonchev–Trinajstić information content (AvgIpc) is 3.01. The molecule has 90 valence electrons. The lowest BCUT2D eigenvalue weighted by Crippen LogP contribution is -3.11. The minimum Gasteiger partial charge on any atom is -1.00 e. The molecule has 1 saturated carbocycles. The number of halogens is 1. The predicted molar refractivity (Wildman–Crippen MR) is 57.3 cm³/mol. The topological polar surface area (TPSA) is 33.5 Å². The first kappa shape index (κ1) is 14.7. The minimum absolute atomic E-state index is 0. The van der Waals surface area contributed by atoms with E-state index in [4.69, 9.17) is 0 Å². The molecule has 15 heavy (non-hydrogen) atoms. The highest BCUT2D eigenvalue weighted by molar-refractivity contribution is 5.80. The number of rotatable bonds is 7. The first-order chi connectivity index (χ1) is 6.77. The average molecular weight is 235 g/mol. The molecule has 3 nitrogen and oxygen atoms in total. The number of hydrogen-bond acceptors (Lipinski definition) is 1. The molecule has 1 fully saturated rings. The third kappa shape index (κ3) is 6.00. The highest BCUT2D eigenvalue weighted by Gasteiger charge is 2.28. The Hall–Kier alpha value is -0.280. The van der Waals surface area contributed by atoms with Gasteiger partial charge in [0.15, 0.2) is 0 Å². The lowest BCUT2D eigenvalue weighted by Gasteiger charge is -2.15. The van der Waals surface area contributed by atoms with Crippen molar-refractivity contribution in [2.75, 3.05) is 26.2 Å². The van der Waals surface area contributed by atoms with Crippen LogP contribution in [0.3, 0.4) is 0 Å². The number of nitrogens with one attached hydrogen (secondary N) is 2. The number of carbonyl (C=O) groups is 1. The van der Waals surface area contributed by atoms with E-state index >= 15 is 0 Å². The number of carbonyl (C=O) groups excluding carboxylic acids is 1. The summed E-state index contributed by atoms with van der Waals surface area (Å²) in [5, 5.41) is 3.00. The Kier molecular flexibility index (Phi) is 7.79. The van der Waals surface area contributed by atoms with Crippen LogP contribution in [0.5, 0.6) is 0 Å². The van der Waals surface area contributed by atoms with E-state index in [-0.39, 0.29) is 18.3 Å². The van der Waals surface area contributed by atoms with Crippen LogP contribution in [0.2, 0.25) is 0 Å². The Balaban J connectivity index is 0.00000196. The molecule has 0 atom stereocenters. The van der Waals surface area contributed by atoms with Gasteiger partial charge in [-0.3, -0.25) is 4.79 Å². The normalized spacial score (nSPS) is 14.9. The molecule has 2 N–H and O–H groups in total. The van der Waals surface area contributed by atoms with Gasteiger partial charge in [-0.05, 0) is 26.7 Å². The van der Waals surface area contributed by atoms with Crippen LogP contribution >= 0.6 is 0 Å².